The van der Waals surface area contributed by atoms with Crippen LogP contribution in [0.1, 0.15) is 18.4 Å². The minimum absolute atomic E-state index is 0. The number of carbonyl (C=O) groups is 1. The third kappa shape index (κ3) is 5.08. The van der Waals surface area contributed by atoms with E-state index >= 15 is 0 Å². The van der Waals surface area contributed by atoms with Crippen molar-refractivity contribution in [1.29, 1.82) is 0 Å². The van der Waals surface area contributed by atoms with E-state index in [4.69, 9.17) is 9.47 Å². The molecule has 2 rings (SSSR count). The predicted octanol–water partition coefficient (Wildman–Crippen LogP) is 2.51. The van der Waals surface area contributed by atoms with Crippen LogP contribution in [0.3, 0.4) is 0 Å². The molecule has 1 amide bonds. The lowest BCUT2D eigenvalue weighted by Crippen LogP contribution is -2.49. The number of benzene rings is 1. The second-order valence-corrected chi connectivity index (χ2v) is 6.47. The second-order valence-electron chi connectivity index (χ2n) is 5.61. The van der Waals surface area contributed by atoms with Gasteiger partial charge in [-0.2, -0.15) is 0 Å². The molecule has 0 aliphatic carbocycles. The average Bonchev–Trinajstić information content (AvgIpc) is 2.54. The topological polar surface area (TPSA) is 59.6 Å². The number of amides is 1. The maximum absolute atomic E-state index is 12.6. The molecule has 1 aliphatic heterocycles. The molecule has 0 aromatic heterocycles. The highest BCUT2D eigenvalue weighted by Gasteiger charge is 2.39. The zero-order valence-corrected chi connectivity index (χ0v) is 15.9. The van der Waals surface area contributed by atoms with Crippen LogP contribution >= 0.6 is 28.3 Å². The fraction of sp³-hybridized carbons (Fsp3) is 0.562. The predicted molar refractivity (Wildman–Crippen MR) is 96.2 cm³/mol. The van der Waals surface area contributed by atoms with Crippen LogP contribution < -0.4 is 15.4 Å². The zero-order chi connectivity index (χ0) is 16.0. The number of halogens is 2. The van der Waals surface area contributed by atoms with Crippen LogP contribution in [0.5, 0.6) is 5.75 Å². The Balaban J connectivity index is 0.00000264. The quantitative estimate of drug-likeness (QED) is 0.761. The SMILES string of the molecule is COCC1(C(=O)NCc2ccc(OC)c(Br)c2)CCNCC1.Cl. The van der Waals surface area contributed by atoms with Crippen LogP contribution in [-0.2, 0) is 16.1 Å². The van der Waals surface area contributed by atoms with E-state index in [0.29, 0.717) is 13.2 Å². The van der Waals surface area contributed by atoms with Gasteiger partial charge in [0.05, 0.1) is 23.6 Å². The van der Waals surface area contributed by atoms with Gasteiger partial charge in [-0.3, -0.25) is 4.79 Å². The molecule has 0 unspecified atom stereocenters. The number of carbonyl (C=O) groups excluding carboxylic acids is 1. The molecular formula is C16H24BrClN2O3. The number of piperidine rings is 1. The van der Waals surface area contributed by atoms with Gasteiger partial charge >= 0.3 is 0 Å². The van der Waals surface area contributed by atoms with Crippen LogP contribution in [0.4, 0.5) is 0 Å². The first-order valence-electron chi connectivity index (χ1n) is 7.42. The Morgan fingerprint density at radius 1 is 1.35 bits per heavy atom. The molecule has 0 bridgehead atoms. The van der Waals surface area contributed by atoms with E-state index in [1.165, 1.54) is 0 Å². The number of hydrogen-bond acceptors (Lipinski definition) is 4. The van der Waals surface area contributed by atoms with E-state index < -0.39 is 5.41 Å². The number of methoxy groups -OCH3 is 2. The van der Waals surface area contributed by atoms with E-state index in [9.17, 15) is 4.79 Å². The fourth-order valence-electron chi connectivity index (χ4n) is 2.81. The number of hydrogen-bond donors (Lipinski definition) is 2. The van der Waals surface area contributed by atoms with Crippen LogP contribution in [0.25, 0.3) is 0 Å². The van der Waals surface area contributed by atoms with E-state index in [1.807, 2.05) is 18.2 Å². The normalized spacial score (nSPS) is 16.3. The summed E-state index contributed by atoms with van der Waals surface area (Å²) in [6.07, 6.45) is 1.61. The zero-order valence-electron chi connectivity index (χ0n) is 13.5. The summed E-state index contributed by atoms with van der Waals surface area (Å²) in [7, 11) is 3.28. The Kier molecular flexibility index (Phi) is 8.33. The molecule has 23 heavy (non-hydrogen) atoms. The van der Waals surface area contributed by atoms with Gasteiger partial charge in [0.25, 0.3) is 0 Å². The van der Waals surface area contributed by atoms with Crippen molar-refractivity contribution in [3.63, 3.8) is 0 Å². The van der Waals surface area contributed by atoms with Gasteiger partial charge in [0, 0.05) is 13.7 Å². The molecule has 1 saturated heterocycles. The molecule has 1 aliphatic rings. The highest BCUT2D eigenvalue weighted by Crippen LogP contribution is 2.30. The summed E-state index contributed by atoms with van der Waals surface area (Å²) >= 11 is 3.46. The minimum atomic E-state index is -0.413. The number of nitrogens with one attached hydrogen (secondary N) is 2. The van der Waals surface area contributed by atoms with Gasteiger partial charge in [0.1, 0.15) is 5.75 Å². The Hall–Kier alpha value is -0.820. The van der Waals surface area contributed by atoms with Crippen molar-refractivity contribution in [3.05, 3.63) is 28.2 Å². The lowest BCUT2D eigenvalue weighted by molar-refractivity contribution is -0.136. The molecule has 1 aromatic carbocycles. The van der Waals surface area contributed by atoms with Crippen molar-refractivity contribution in [1.82, 2.24) is 10.6 Å². The molecule has 1 aromatic rings. The number of rotatable bonds is 6. The monoisotopic (exact) mass is 406 g/mol. The Morgan fingerprint density at radius 2 is 2.04 bits per heavy atom. The summed E-state index contributed by atoms with van der Waals surface area (Å²) in [5.74, 6) is 0.854. The maximum Gasteiger partial charge on any atom is 0.228 e. The molecule has 0 spiro atoms. The van der Waals surface area contributed by atoms with Crippen molar-refractivity contribution < 1.29 is 14.3 Å². The lowest BCUT2D eigenvalue weighted by Gasteiger charge is -2.35. The van der Waals surface area contributed by atoms with Gasteiger partial charge in [-0.25, -0.2) is 0 Å². The largest absolute Gasteiger partial charge is 0.496 e. The average molecular weight is 408 g/mol. The van der Waals surface area contributed by atoms with E-state index in [0.717, 1.165) is 41.7 Å². The van der Waals surface area contributed by atoms with Crippen molar-refractivity contribution in [2.24, 2.45) is 5.41 Å². The van der Waals surface area contributed by atoms with Crippen LogP contribution in [-0.4, -0.2) is 39.8 Å². The first kappa shape index (κ1) is 20.2. The molecule has 0 saturated carbocycles. The third-order valence-electron chi connectivity index (χ3n) is 4.13. The second kappa shape index (κ2) is 9.47. The first-order chi connectivity index (χ1) is 10.6. The van der Waals surface area contributed by atoms with Crippen LogP contribution in [0, 0.1) is 5.41 Å². The highest BCUT2D eigenvalue weighted by molar-refractivity contribution is 9.10. The molecule has 7 heteroatoms. The van der Waals surface area contributed by atoms with E-state index in [1.54, 1.807) is 14.2 Å². The van der Waals surface area contributed by atoms with Gasteiger partial charge in [-0.05, 0) is 59.6 Å². The Bertz CT molecular complexity index is 517. The van der Waals surface area contributed by atoms with E-state index in [2.05, 4.69) is 26.6 Å². The summed E-state index contributed by atoms with van der Waals surface area (Å²) in [6.45, 7) is 2.67. The smallest absolute Gasteiger partial charge is 0.228 e. The van der Waals surface area contributed by atoms with Crippen molar-refractivity contribution in [2.45, 2.75) is 19.4 Å². The summed E-state index contributed by atoms with van der Waals surface area (Å²) < 4.78 is 11.4. The summed E-state index contributed by atoms with van der Waals surface area (Å²) in [5.41, 5.74) is 0.617. The molecule has 1 heterocycles. The molecule has 5 nitrogen and oxygen atoms in total. The summed E-state index contributed by atoms with van der Waals surface area (Å²) in [5, 5.41) is 6.34. The molecule has 0 atom stereocenters. The van der Waals surface area contributed by atoms with Crippen molar-refractivity contribution in [3.8, 4) is 5.75 Å². The van der Waals surface area contributed by atoms with Gasteiger partial charge in [0.2, 0.25) is 5.91 Å². The van der Waals surface area contributed by atoms with Crippen molar-refractivity contribution >= 4 is 34.2 Å². The molecule has 2 N–H and O–H groups in total. The standard InChI is InChI=1S/C16H23BrN2O3.ClH/c1-21-11-16(5-7-18-8-6-16)15(20)19-10-12-3-4-14(22-2)13(17)9-12;/h3-4,9,18H,5-8,10-11H2,1-2H3,(H,19,20);1H. The third-order valence-corrected chi connectivity index (χ3v) is 4.75. The molecule has 130 valence electrons. The molecular weight excluding hydrogens is 384 g/mol. The summed E-state index contributed by atoms with van der Waals surface area (Å²) in [4.78, 5) is 12.6. The minimum Gasteiger partial charge on any atom is -0.496 e. The molecule has 0 radical (unpaired) electrons. The van der Waals surface area contributed by atoms with Gasteiger partial charge < -0.3 is 20.1 Å². The van der Waals surface area contributed by atoms with Gasteiger partial charge in [-0.1, -0.05) is 6.07 Å². The fourth-order valence-corrected chi connectivity index (χ4v) is 3.40. The van der Waals surface area contributed by atoms with Crippen LogP contribution in [0.15, 0.2) is 22.7 Å². The van der Waals surface area contributed by atoms with E-state index in [-0.39, 0.29) is 18.3 Å². The first-order valence-corrected chi connectivity index (χ1v) is 8.21. The van der Waals surface area contributed by atoms with Gasteiger partial charge in [0.15, 0.2) is 0 Å². The maximum atomic E-state index is 12.6. The van der Waals surface area contributed by atoms with Crippen molar-refractivity contribution in [2.75, 3.05) is 33.9 Å². The Morgan fingerprint density at radius 3 is 2.61 bits per heavy atom. The highest BCUT2D eigenvalue weighted by atomic mass is 79.9. The molecule has 1 fully saturated rings. The summed E-state index contributed by atoms with van der Waals surface area (Å²) in [6, 6.07) is 5.81. The number of ether oxygens (including phenoxy) is 2. The lowest BCUT2D eigenvalue weighted by atomic mass is 9.78. The Labute approximate surface area is 152 Å². The van der Waals surface area contributed by atoms with Crippen LogP contribution in [0.2, 0.25) is 0 Å². The van der Waals surface area contributed by atoms with Gasteiger partial charge in [-0.15, -0.1) is 12.4 Å².